The number of esters is 1. The molecular formula is C47H80O9. The summed E-state index contributed by atoms with van der Waals surface area (Å²) in [5.74, 6) is -0.334. The summed E-state index contributed by atoms with van der Waals surface area (Å²) in [6.07, 6.45) is 42.2. The van der Waals surface area contributed by atoms with Gasteiger partial charge in [-0.2, -0.15) is 0 Å². The Labute approximate surface area is 340 Å². The van der Waals surface area contributed by atoms with E-state index in [1.807, 2.05) is 0 Å². The normalized spacial score (nSPS) is 21.3. The van der Waals surface area contributed by atoms with Gasteiger partial charge >= 0.3 is 5.97 Å². The second kappa shape index (κ2) is 38.2. The minimum atomic E-state index is -1.54. The SMILES string of the molecule is CC/C=C\C/C=C\C/C=C\C/C=C\C/C=C\CCCCCCCCOCC(COC1OC(CO)C(O)C(O)C1O)OC(=O)CCCCCCC/C=C\CCCC. The van der Waals surface area contributed by atoms with Gasteiger partial charge in [-0.3, -0.25) is 4.79 Å². The van der Waals surface area contributed by atoms with Crippen LogP contribution in [0, 0.1) is 0 Å². The minimum absolute atomic E-state index is 0.127. The summed E-state index contributed by atoms with van der Waals surface area (Å²) in [5, 5.41) is 40.0. The number of unbranched alkanes of at least 4 members (excludes halogenated alkanes) is 13. The van der Waals surface area contributed by atoms with Crippen molar-refractivity contribution in [2.75, 3.05) is 26.4 Å². The smallest absolute Gasteiger partial charge is 0.306 e. The van der Waals surface area contributed by atoms with E-state index in [4.69, 9.17) is 18.9 Å². The van der Waals surface area contributed by atoms with E-state index < -0.39 is 43.4 Å². The van der Waals surface area contributed by atoms with Crippen molar-refractivity contribution >= 4 is 5.97 Å². The summed E-state index contributed by atoms with van der Waals surface area (Å²) < 4.78 is 22.7. The highest BCUT2D eigenvalue weighted by atomic mass is 16.7. The van der Waals surface area contributed by atoms with Crippen molar-refractivity contribution in [3.05, 3.63) is 72.9 Å². The lowest BCUT2D eigenvalue weighted by Gasteiger charge is -2.39. The van der Waals surface area contributed by atoms with Crippen molar-refractivity contribution in [1.29, 1.82) is 0 Å². The maximum atomic E-state index is 12.7. The second-order valence-electron chi connectivity index (χ2n) is 14.8. The highest BCUT2D eigenvalue weighted by Gasteiger charge is 2.44. The number of aliphatic hydroxyl groups is 4. The van der Waals surface area contributed by atoms with Crippen molar-refractivity contribution in [2.45, 2.75) is 192 Å². The van der Waals surface area contributed by atoms with E-state index in [0.717, 1.165) is 103 Å². The van der Waals surface area contributed by atoms with Gasteiger partial charge in [0, 0.05) is 13.0 Å². The first-order chi connectivity index (χ1) is 27.4. The number of aliphatic hydroxyl groups excluding tert-OH is 4. The number of carbonyl (C=O) groups is 1. The van der Waals surface area contributed by atoms with Gasteiger partial charge in [0.2, 0.25) is 0 Å². The van der Waals surface area contributed by atoms with Crippen LogP contribution in [0.25, 0.3) is 0 Å². The van der Waals surface area contributed by atoms with Crippen molar-refractivity contribution in [2.24, 2.45) is 0 Å². The van der Waals surface area contributed by atoms with Gasteiger partial charge in [0.15, 0.2) is 6.29 Å². The number of allylic oxidation sites excluding steroid dienone is 12. The highest BCUT2D eigenvalue weighted by molar-refractivity contribution is 5.69. The molecule has 1 heterocycles. The molecule has 6 unspecified atom stereocenters. The first-order valence-electron chi connectivity index (χ1n) is 22.0. The van der Waals surface area contributed by atoms with Crippen LogP contribution in [0.1, 0.15) is 155 Å². The Kier molecular flexibility index (Phi) is 35.2. The van der Waals surface area contributed by atoms with Crippen LogP contribution in [0.15, 0.2) is 72.9 Å². The first-order valence-corrected chi connectivity index (χ1v) is 22.0. The molecule has 0 radical (unpaired) electrons. The van der Waals surface area contributed by atoms with Crippen molar-refractivity contribution in [1.82, 2.24) is 0 Å². The third-order valence-corrected chi connectivity index (χ3v) is 9.61. The number of hydrogen-bond acceptors (Lipinski definition) is 9. The Morgan fingerprint density at radius 1 is 0.589 bits per heavy atom. The lowest BCUT2D eigenvalue weighted by atomic mass is 9.99. The Hall–Kier alpha value is -2.37. The molecule has 0 bridgehead atoms. The van der Waals surface area contributed by atoms with Gasteiger partial charge in [-0.1, -0.05) is 145 Å². The van der Waals surface area contributed by atoms with Crippen LogP contribution in [0.4, 0.5) is 0 Å². The molecule has 6 atom stereocenters. The zero-order valence-corrected chi connectivity index (χ0v) is 35.1. The Bertz CT molecular complexity index is 1080. The zero-order chi connectivity index (χ0) is 40.7. The zero-order valence-electron chi connectivity index (χ0n) is 35.1. The quantitative estimate of drug-likeness (QED) is 0.0278. The van der Waals surface area contributed by atoms with Crippen LogP contribution in [0.5, 0.6) is 0 Å². The first kappa shape index (κ1) is 51.6. The van der Waals surface area contributed by atoms with Crippen LogP contribution in [0.2, 0.25) is 0 Å². The molecule has 1 saturated heterocycles. The van der Waals surface area contributed by atoms with E-state index in [-0.39, 0.29) is 19.2 Å². The number of hydrogen-bond donors (Lipinski definition) is 4. The van der Waals surface area contributed by atoms with Crippen molar-refractivity contribution < 1.29 is 44.2 Å². The molecule has 1 aliphatic heterocycles. The number of carbonyl (C=O) groups excluding carboxylic acids is 1. The van der Waals surface area contributed by atoms with Gasteiger partial charge in [0.05, 0.1) is 19.8 Å². The molecule has 0 aromatic rings. The van der Waals surface area contributed by atoms with E-state index in [9.17, 15) is 25.2 Å². The summed E-state index contributed by atoms with van der Waals surface area (Å²) in [4.78, 5) is 12.7. The predicted octanol–water partition coefficient (Wildman–Crippen LogP) is 9.69. The molecule has 0 spiro atoms. The topological polar surface area (TPSA) is 135 Å². The Morgan fingerprint density at radius 3 is 1.66 bits per heavy atom. The Balaban J connectivity index is 2.26. The molecule has 322 valence electrons. The average molecular weight is 789 g/mol. The van der Waals surface area contributed by atoms with Gasteiger partial charge in [0.25, 0.3) is 0 Å². The maximum absolute atomic E-state index is 12.7. The van der Waals surface area contributed by atoms with E-state index >= 15 is 0 Å². The van der Waals surface area contributed by atoms with Gasteiger partial charge in [-0.05, 0) is 77.0 Å². The summed E-state index contributed by atoms with van der Waals surface area (Å²) in [5.41, 5.74) is 0. The van der Waals surface area contributed by atoms with E-state index in [1.165, 1.54) is 32.1 Å². The van der Waals surface area contributed by atoms with Crippen LogP contribution in [0.3, 0.4) is 0 Å². The monoisotopic (exact) mass is 789 g/mol. The molecule has 1 rings (SSSR count). The number of ether oxygens (including phenoxy) is 4. The van der Waals surface area contributed by atoms with Crippen LogP contribution >= 0.6 is 0 Å². The fourth-order valence-electron chi connectivity index (χ4n) is 6.14. The second-order valence-corrected chi connectivity index (χ2v) is 14.8. The lowest BCUT2D eigenvalue weighted by Crippen LogP contribution is -2.59. The van der Waals surface area contributed by atoms with Crippen molar-refractivity contribution in [3.8, 4) is 0 Å². The molecule has 1 aliphatic rings. The lowest BCUT2D eigenvalue weighted by molar-refractivity contribution is -0.305. The molecule has 56 heavy (non-hydrogen) atoms. The molecule has 0 aromatic carbocycles. The van der Waals surface area contributed by atoms with Crippen molar-refractivity contribution in [3.63, 3.8) is 0 Å². The molecule has 0 amide bonds. The highest BCUT2D eigenvalue weighted by Crippen LogP contribution is 2.22. The minimum Gasteiger partial charge on any atom is -0.457 e. The predicted molar refractivity (Wildman–Crippen MR) is 228 cm³/mol. The summed E-state index contributed by atoms with van der Waals surface area (Å²) in [7, 11) is 0. The molecule has 0 aliphatic carbocycles. The summed E-state index contributed by atoms with van der Waals surface area (Å²) in [6.45, 7) is 4.34. The van der Waals surface area contributed by atoms with Gasteiger partial charge in [-0.15, -0.1) is 0 Å². The number of rotatable bonds is 36. The summed E-state index contributed by atoms with van der Waals surface area (Å²) in [6, 6.07) is 0. The fraction of sp³-hybridized carbons (Fsp3) is 0.723. The third kappa shape index (κ3) is 28.9. The molecule has 1 fully saturated rings. The maximum Gasteiger partial charge on any atom is 0.306 e. The van der Waals surface area contributed by atoms with Crippen LogP contribution in [-0.4, -0.2) is 89.6 Å². The molecular weight excluding hydrogens is 709 g/mol. The van der Waals surface area contributed by atoms with Gasteiger partial charge in [0.1, 0.15) is 30.5 Å². The largest absolute Gasteiger partial charge is 0.457 e. The van der Waals surface area contributed by atoms with E-state index in [2.05, 4.69) is 86.8 Å². The van der Waals surface area contributed by atoms with Gasteiger partial charge < -0.3 is 39.4 Å². The van der Waals surface area contributed by atoms with E-state index in [1.54, 1.807) is 0 Å². The molecule has 0 aromatic heterocycles. The molecule has 9 nitrogen and oxygen atoms in total. The molecule has 9 heteroatoms. The molecule has 4 N–H and O–H groups in total. The van der Waals surface area contributed by atoms with Crippen LogP contribution in [-0.2, 0) is 23.7 Å². The Morgan fingerprint density at radius 2 is 1.09 bits per heavy atom. The third-order valence-electron chi connectivity index (χ3n) is 9.61. The van der Waals surface area contributed by atoms with Gasteiger partial charge in [-0.25, -0.2) is 0 Å². The fourth-order valence-corrected chi connectivity index (χ4v) is 6.14. The van der Waals surface area contributed by atoms with Crippen LogP contribution < -0.4 is 0 Å². The molecule has 0 saturated carbocycles. The average Bonchev–Trinajstić information content (AvgIpc) is 3.20. The van der Waals surface area contributed by atoms with E-state index in [0.29, 0.717) is 13.0 Å². The summed E-state index contributed by atoms with van der Waals surface area (Å²) >= 11 is 0. The standard InChI is InChI=1S/C47H80O9/c1-3-5-7-9-11-13-15-16-17-18-19-20-21-22-23-24-25-27-29-31-33-35-37-53-39-41(40-54-47-46(52)45(51)44(50)42(38-48)56-47)55-43(49)36-34-32-30-28-26-14-12-10-8-6-4-2/h5,7,10-13,16-17,19-20,22-23,41-42,44-48,50-52H,3-4,6,8-9,14-15,18,21,24-40H2,1-2H3/b7-5-,12-10-,13-11-,17-16-,20-19-,23-22-.